The lowest BCUT2D eigenvalue weighted by atomic mass is 9.45. The molecule has 45 heavy (non-hydrogen) atoms. The SMILES string of the molecule is Cc1nnsc1C(=O)O[C@]1(C(=O)SCF)CCC2[C@]34CCC5=CC(=Nc6ccc(F)cc6)C(=CN)C[C@]5(C)C3(C4)[C@@H](O)C[C@@]21C. The molecule has 5 aliphatic rings. The molecule has 0 saturated heterocycles. The Morgan fingerprint density at radius 3 is 2.69 bits per heavy atom. The summed E-state index contributed by atoms with van der Waals surface area (Å²) in [7, 11) is 0. The lowest BCUT2D eigenvalue weighted by Crippen LogP contribution is -2.62. The predicted molar refractivity (Wildman–Crippen MR) is 168 cm³/mol. The van der Waals surface area contributed by atoms with Crippen molar-refractivity contribution in [2.75, 3.05) is 6.01 Å². The number of nitrogens with two attached hydrogens (primary N) is 1. The van der Waals surface area contributed by atoms with E-state index < -0.39 is 45.0 Å². The maximum absolute atomic E-state index is 13.8. The molecule has 1 aromatic carbocycles. The van der Waals surface area contributed by atoms with E-state index in [0.29, 0.717) is 36.0 Å². The first kappa shape index (κ1) is 30.7. The van der Waals surface area contributed by atoms with Gasteiger partial charge in [-0.05, 0) is 129 Å². The van der Waals surface area contributed by atoms with Gasteiger partial charge < -0.3 is 15.6 Å². The van der Waals surface area contributed by atoms with Gasteiger partial charge >= 0.3 is 5.97 Å². The molecule has 2 aromatic rings. The fourth-order valence-electron chi connectivity index (χ4n) is 10.3. The summed E-state index contributed by atoms with van der Waals surface area (Å²) in [6.45, 7) is 5.83. The van der Waals surface area contributed by atoms with Crippen LogP contribution >= 0.6 is 23.3 Å². The number of carbonyl (C=O) groups is 2. The molecule has 0 aliphatic heterocycles. The van der Waals surface area contributed by atoms with E-state index in [1.54, 1.807) is 25.3 Å². The van der Waals surface area contributed by atoms with E-state index in [0.717, 1.165) is 42.1 Å². The highest BCUT2D eigenvalue weighted by Gasteiger charge is 2.88. The van der Waals surface area contributed by atoms with E-state index >= 15 is 0 Å². The number of allylic oxidation sites excluding steroid dienone is 3. The van der Waals surface area contributed by atoms with Crippen LogP contribution in [0, 0.1) is 40.3 Å². The molecule has 0 spiro atoms. The van der Waals surface area contributed by atoms with Crippen molar-refractivity contribution < 1.29 is 28.2 Å². The highest BCUT2D eigenvalue weighted by Crippen LogP contribution is 2.90. The summed E-state index contributed by atoms with van der Waals surface area (Å²) in [5.41, 5.74) is 6.39. The minimum absolute atomic E-state index is 0.0241. The average molecular weight is 655 g/mol. The Morgan fingerprint density at radius 2 is 2.02 bits per heavy atom. The summed E-state index contributed by atoms with van der Waals surface area (Å²) in [4.78, 5) is 32.4. The number of carbonyl (C=O) groups excluding carboxylic acids is 2. The van der Waals surface area contributed by atoms with Crippen molar-refractivity contribution >= 4 is 45.8 Å². The third-order valence-corrected chi connectivity index (χ3v) is 13.8. The number of aliphatic hydroxyl groups is 1. The molecule has 3 N–H and O–H groups in total. The second kappa shape index (κ2) is 10.3. The normalized spacial score (nSPS) is 39.8. The average Bonchev–Trinajstić information content (AvgIpc) is 3.42. The third-order valence-electron chi connectivity index (χ3n) is 12.3. The standard InChI is InChI=1S/C33H36F2N4O4S2/c1-18-26(45-39-38-18)27(41)43-33(28(42)44-17-34)11-9-24-30(33,3)14-25(40)32-16-31(24,32)10-8-20-12-23(19(15-36)13-29(20,32)2)37-22-6-4-21(35)5-7-22/h4-7,12,15,24-25,40H,8-11,13-14,16-17,36H2,1-3H3/t24?,25-,29-,30-,31+,32?,33-/m0/s1. The Hall–Kier alpha value is -2.96. The van der Waals surface area contributed by atoms with Crippen molar-refractivity contribution in [1.82, 2.24) is 9.59 Å². The van der Waals surface area contributed by atoms with Crippen LogP contribution in [-0.4, -0.2) is 49.2 Å². The van der Waals surface area contributed by atoms with Crippen molar-refractivity contribution in [1.29, 1.82) is 0 Å². The Labute approximate surface area is 268 Å². The van der Waals surface area contributed by atoms with Crippen LogP contribution < -0.4 is 5.73 Å². The Kier molecular flexibility index (Phi) is 7.00. The Morgan fingerprint density at radius 1 is 1.27 bits per heavy atom. The van der Waals surface area contributed by atoms with Crippen LogP contribution in [-0.2, 0) is 9.53 Å². The lowest BCUT2D eigenvalue weighted by Gasteiger charge is -2.60. The molecule has 0 bridgehead atoms. The number of aliphatic imine (C=N–C) groups is 1. The number of thioether (sulfide) groups is 1. The molecule has 1 heterocycles. The molecule has 7 atom stereocenters. The van der Waals surface area contributed by atoms with Gasteiger partial charge in [0.2, 0.25) is 5.12 Å². The molecule has 8 nitrogen and oxygen atoms in total. The van der Waals surface area contributed by atoms with Crippen molar-refractivity contribution in [2.45, 2.75) is 77.4 Å². The highest BCUT2D eigenvalue weighted by atomic mass is 32.2. The predicted octanol–water partition coefficient (Wildman–Crippen LogP) is 6.37. The monoisotopic (exact) mass is 654 g/mol. The summed E-state index contributed by atoms with van der Waals surface area (Å²) < 4.78 is 37.3. The molecule has 2 unspecified atom stereocenters. The first-order valence-electron chi connectivity index (χ1n) is 15.3. The maximum atomic E-state index is 13.8. The number of rotatable bonds is 5. The molecule has 12 heteroatoms. The first-order valence-corrected chi connectivity index (χ1v) is 17.1. The topological polar surface area (TPSA) is 128 Å². The fraction of sp³-hybridized carbons (Fsp3) is 0.545. The molecule has 238 valence electrons. The van der Waals surface area contributed by atoms with E-state index in [1.807, 2.05) is 6.92 Å². The number of benzene rings is 1. The second-order valence-corrected chi connectivity index (χ2v) is 15.5. The molecule has 4 saturated carbocycles. The number of halogens is 2. The van der Waals surface area contributed by atoms with Gasteiger partial charge in [0.05, 0.1) is 23.2 Å². The van der Waals surface area contributed by atoms with Gasteiger partial charge in [-0.2, -0.15) is 0 Å². The first-order chi connectivity index (χ1) is 21.4. The minimum Gasteiger partial charge on any atom is -0.445 e. The van der Waals surface area contributed by atoms with Crippen LogP contribution in [0.3, 0.4) is 0 Å². The number of hydrogen-bond donors (Lipinski definition) is 2. The molecule has 7 rings (SSSR count). The molecular formula is C33H36F2N4O4S2. The lowest BCUT2D eigenvalue weighted by molar-refractivity contribution is -0.174. The molecular weight excluding hydrogens is 619 g/mol. The number of aromatic nitrogens is 2. The molecule has 4 fully saturated rings. The maximum Gasteiger partial charge on any atom is 0.352 e. The Balaban J connectivity index is 1.28. The van der Waals surface area contributed by atoms with Crippen LogP contribution in [0.4, 0.5) is 14.5 Å². The van der Waals surface area contributed by atoms with Crippen molar-refractivity contribution in [3.63, 3.8) is 0 Å². The van der Waals surface area contributed by atoms with E-state index in [1.165, 1.54) is 17.7 Å². The van der Waals surface area contributed by atoms with Crippen LogP contribution in [0.2, 0.25) is 0 Å². The zero-order chi connectivity index (χ0) is 32.0. The highest BCUT2D eigenvalue weighted by molar-refractivity contribution is 8.13. The van der Waals surface area contributed by atoms with Crippen LogP contribution in [0.25, 0.3) is 0 Å². The van der Waals surface area contributed by atoms with Gasteiger partial charge in [0, 0.05) is 16.2 Å². The number of nitrogens with zero attached hydrogens (tertiary/aromatic N) is 3. The summed E-state index contributed by atoms with van der Waals surface area (Å²) in [5, 5.41) is 15.7. The van der Waals surface area contributed by atoms with Gasteiger partial charge in [0.1, 0.15) is 11.8 Å². The van der Waals surface area contributed by atoms with Crippen molar-refractivity contribution in [3.05, 3.63) is 64.1 Å². The molecule has 0 radical (unpaired) electrons. The quantitative estimate of drug-likeness (QED) is 0.356. The van der Waals surface area contributed by atoms with Gasteiger partial charge in [-0.15, -0.1) is 5.10 Å². The minimum atomic E-state index is -1.59. The van der Waals surface area contributed by atoms with E-state index in [4.69, 9.17) is 15.5 Å². The summed E-state index contributed by atoms with van der Waals surface area (Å²) >= 11 is 1.44. The van der Waals surface area contributed by atoms with Gasteiger partial charge in [-0.25, -0.2) is 18.6 Å². The zero-order valence-electron chi connectivity index (χ0n) is 25.4. The fourth-order valence-corrected chi connectivity index (χ4v) is 11.6. The van der Waals surface area contributed by atoms with Crippen LogP contribution in [0.1, 0.15) is 74.2 Å². The summed E-state index contributed by atoms with van der Waals surface area (Å²) in [6, 6.07) is 5.09. The third kappa shape index (κ3) is 3.94. The van der Waals surface area contributed by atoms with Crippen LogP contribution in [0.5, 0.6) is 0 Å². The molecule has 0 amide bonds. The molecule has 5 aliphatic carbocycles. The second-order valence-electron chi connectivity index (χ2n) is 13.8. The number of alkyl halides is 1. The number of aliphatic hydroxyl groups excluding tert-OH is 1. The molecule has 1 aromatic heterocycles. The van der Waals surface area contributed by atoms with E-state index in [9.17, 15) is 23.5 Å². The summed E-state index contributed by atoms with van der Waals surface area (Å²) in [5.74, 6) is -1.04. The van der Waals surface area contributed by atoms with Gasteiger partial charge in [0.15, 0.2) is 10.5 Å². The zero-order valence-corrected chi connectivity index (χ0v) is 27.1. The largest absolute Gasteiger partial charge is 0.445 e. The smallest absolute Gasteiger partial charge is 0.352 e. The van der Waals surface area contributed by atoms with Crippen LogP contribution in [0.15, 0.2) is 52.7 Å². The Bertz CT molecular complexity index is 1690. The van der Waals surface area contributed by atoms with Crippen molar-refractivity contribution in [3.8, 4) is 0 Å². The van der Waals surface area contributed by atoms with Gasteiger partial charge in [0.25, 0.3) is 0 Å². The summed E-state index contributed by atoms with van der Waals surface area (Å²) in [6.07, 6.45) is 6.98. The number of ether oxygens (including phenoxy) is 1. The van der Waals surface area contributed by atoms with E-state index in [-0.39, 0.29) is 34.9 Å². The van der Waals surface area contributed by atoms with Gasteiger partial charge in [-0.1, -0.05) is 23.9 Å². The van der Waals surface area contributed by atoms with E-state index in [2.05, 4.69) is 22.6 Å². The van der Waals surface area contributed by atoms with Gasteiger partial charge in [-0.3, -0.25) is 4.79 Å². The van der Waals surface area contributed by atoms with Crippen molar-refractivity contribution in [2.24, 2.45) is 38.3 Å². The number of hydrogen-bond acceptors (Lipinski definition) is 10. The number of fused-ring (bicyclic) bond motifs is 2. The number of aryl methyl sites for hydroxylation is 1. The number of esters is 1.